The summed E-state index contributed by atoms with van der Waals surface area (Å²) in [6, 6.07) is 1.86. The molecule has 0 amide bonds. The molecule has 2 rings (SSSR count). The van der Waals surface area contributed by atoms with Gasteiger partial charge in [0.1, 0.15) is 5.75 Å². The minimum absolute atomic E-state index is 0.0553. The number of rotatable bonds is 6. The van der Waals surface area contributed by atoms with Crippen molar-refractivity contribution in [2.24, 2.45) is 0 Å². The maximum Gasteiger partial charge on any atom is 0.301 e. The van der Waals surface area contributed by atoms with Gasteiger partial charge in [-0.3, -0.25) is 14.7 Å². The summed E-state index contributed by atoms with van der Waals surface area (Å²) < 4.78 is 37.2. The van der Waals surface area contributed by atoms with Gasteiger partial charge in [-0.25, -0.2) is 4.98 Å². The molecule has 0 atom stereocenters. The topological polar surface area (TPSA) is 132 Å². The number of hydrogen-bond donors (Lipinski definition) is 2. The highest BCUT2D eigenvalue weighted by molar-refractivity contribution is 7.86. The van der Waals surface area contributed by atoms with E-state index in [9.17, 15) is 18.5 Å². The van der Waals surface area contributed by atoms with Crippen LogP contribution in [0.2, 0.25) is 4.47 Å². The third-order valence-corrected chi connectivity index (χ3v) is 4.73. The monoisotopic (exact) mass is 379 g/mol. The van der Waals surface area contributed by atoms with Crippen molar-refractivity contribution in [2.75, 3.05) is 12.4 Å². The van der Waals surface area contributed by atoms with E-state index in [1.807, 2.05) is 0 Å². The number of thiazole rings is 1. The highest BCUT2D eigenvalue weighted by atomic mass is 35.5. The molecule has 2 N–H and O–H groups in total. The molecule has 23 heavy (non-hydrogen) atoms. The number of nitro benzene ring substituents is 1. The van der Waals surface area contributed by atoms with Gasteiger partial charge in [-0.2, -0.15) is 8.42 Å². The summed E-state index contributed by atoms with van der Waals surface area (Å²) in [6.45, 7) is 0.240. The minimum Gasteiger partial charge on any atom is -0.494 e. The second-order valence-corrected chi connectivity index (χ2v) is 7.27. The zero-order valence-corrected chi connectivity index (χ0v) is 13.9. The van der Waals surface area contributed by atoms with Crippen LogP contribution in [0.3, 0.4) is 0 Å². The van der Waals surface area contributed by atoms with Crippen LogP contribution in [0.25, 0.3) is 0 Å². The van der Waals surface area contributed by atoms with E-state index < -0.39 is 25.6 Å². The number of nitro groups is 1. The molecule has 0 fully saturated rings. The Labute approximate surface area is 139 Å². The Kier molecular flexibility index (Phi) is 5.04. The first-order valence-electron chi connectivity index (χ1n) is 5.90. The van der Waals surface area contributed by atoms with Crippen LogP contribution in [0.1, 0.15) is 4.88 Å². The summed E-state index contributed by atoms with van der Waals surface area (Å²) in [5.74, 6) is 0.0553. The number of anilines is 1. The predicted octanol–water partition coefficient (Wildman–Crippen LogP) is 2.57. The number of nitrogens with one attached hydrogen (secondary N) is 1. The Morgan fingerprint density at radius 2 is 2.22 bits per heavy atom. The van der Waals surface area contributed by atoms with Crippen LogP contribution >= 0.6 is 22.9 Å². The number of aromatic nitrogens is 1. The van der Waals surface area contributed by atoms with Gasteiger partial charge in [0.25, 0.3) is 5.69 Å². The largest absolute Gasteiger partial charge is 0.494 e. The SMILES string of the molecule is COc1cc([N+](=O)[O-])c(S(=O)(=O)O)cc1NCc1cnc(Cl)s1. The second kappa shape index (κ2) is 6.66. The summed E-state index contributed by atoms with van der Waals surface area (Å²) in [6.07, 6.45) is 1.53. The fourth-order valence-corrected chi connectivity index (χ4v) is 3.34. The molecule has 0 aliphatic rings. The van der Waals surface area contributed by atoms with Gasteiger partial charge in [-0.1, -0.05) is 11.6 Å². The molecule has 1 heterocycles. The fourth-order valence-electron chi connectivity index (χ4n) is 1.75. The minimum atomic E-state index is -4.77. The van der Waals surface area contributed by atoms with Gasteiger partial charge < -0.3 is 10.1 Å². The van der Waals surface area contributed by atoms with E-state index in [0.29, 0.717) is 4.47 Å². The van der Waals surface area contributed by atoms with Crippen molar-refractivity contribution < 1.29 is 22.6 Å². The smallest absolute Gasteiger partial charge is 0.301 e. The van der Waals surface area contributed by atoms with Crippen molar-refractivity contribution in [3.63, 3.8) is 0 Å². The van der Waals surface area contributed by atoms with Crippen LogP contribution in [0.5, 0.6) is 5.75 Å². The summed E-state index contributed by atoms with van der Waals surface area (Å²) in [4.78, 5) is 13.8. The van der Waals surface area contributed by atoms with E-state index in [4.69, 9.17) is 20.9 Å². The third kappa shape index (κ3) is 4.07. The first-order chi connectivity index (χ1) is 10.7. The summed E-state index contributed by atoms with van der Waals surface area (Å²) >= 11 is 6.92. The summed E-state index contributed by atoms with van der Waals surface area (Å²) in [5.41, 5.74) is -0.619. The molecule has 0 bridgehead atoms. The highest BCUT2D eigenvalue weighted by Crippen LogP contribution is 2.35. The lowest BCUT2D eigenvalue weighted by Crippen LogP contribution is -2.07. The zero-order chi connectivity index (χ0) is 17.2. The van der Waals surface area contributed by atoms with Gasteiger partial charge in [0.2, 0.25) is 0 Å². The Hall–Kier alpha value is -1.95. The Balaban J connectivity index is 2.43. The Morgan fingerprint density at radius 1 is 1.52 bits per heavy atom. The third-order valence-electron chi connectivity index (χ3n) is 2.73. The predicted molar refractivity (Wildman–Crippen MR) is 83.9 cm³/mol. The molecule has 9 nitrogen and oxygen atoms in total. The molecule has 12 heteroatoms. The molecular weight excluding hydrogens is 370 g/mol. The number of nitrogens with zero attached hydrogens (tertiary/aromatic N) is 2. The fraction of sp³-hybridized carbons (Fsp3) is 0.182. The van der Waals surface area contributed by atoms with Crippen LogP contribution < -0.4 is 10.1 Å². The van der Waals surface area contributed by atoms with Crippen molar-refractivity contribution >= 4 is 44.4 Å². The van der Waals surface area contributed by atoms with Crippen molar-refractivity contribution in [3.8, 4) is 5.75 Å². The normalized spacial score (nSPS) is 11.3. The molecule has 124 valence electrons. The highest BCUT2D eigenvalue weighted by Gasteiger charge is 2.27. The molecule has 2 aromatic rings. The first-order valence-corrected chi connectivity index (χ1v) is 8.54. The lowest BCUT2D eigenvalue weighted by atomic mass is 10.2. The van der Waals surface area contributed by atoms with Crippen molar-refractivity contribution in [3.05, 3.63) is 37.8 Å². The van der Waals surface area contributed by atoms with E-state index in [2.05, 4.69) is 10.3 Å². The molecule has 1 aromatic heterocycles. The molecule has 0 saturated carbocycles. The number of methoxy groups -OCH3 is 1. The number of benzene rings is 1. The van der Waals surface area contributed by atoms with Crippen LogP contribution in [-0.4, -0.2) is 30.0 Å². The van der Waals surface area contributed by atoms with Gasteiger partial charge >= 0.3 is 10.1 Å². The van der Waals surface area contributed by atoms with Gasteiger partial charge in [-0.05, 0) is 6.07 Å². The zero-order valence-electron chi connectivity index (χ0n) is 11.5. The van der Waals surface area contributed by atoms with E-state index in [1.54, 1.807) is 0 Å². The van der Waals surface area contributed by atoms with E-state index in [1.165, 1.54) is 24.6 Å². The maximum atomic E-state index is 11.3. The molecule has 0 spiro atoms. The van der Waals surface area contributed by atoms with Crippen LogP contribution in [0, 0.1) is 10.1 Å². The molecule has 0 saturated heterocycles. The molecule has 1 aromatic carbocycles. The van der Waals surface area contributed by atoms with E-state index >= 15 is 0 Å². The molecule has 0 aliphatic carbocycles. The molecular formula is C11H10ClN3O6S2. The Morgan fingerprint density at radius 3 is 2.70 bits per heavy atom. The van der Waals surface area contributed by atoms with Crippen molar-refractivity contribution in [1.29, 1.82) is 0 Å². The van der Waals surface area contributed by atoms with E-state index in [-0.39, 0.29) is 18.0 Å². The lowest BCUT2D eigenvalue weighted by Gasteiger charge is -2.12. The first kappa shape index (κ1) is 17.4. The summed E-state index contributed by atoms with van der Waals surface area (Å²) in [7, 11) is -3.49. The maximum absolute atomic E-state index is 11.3. The van der Waals surface area contributed by atoms with Gasteiger partial charge in [0, 0.05) is 11.1 Å². The van der Waals surface area contributed by atoms with Gasteiger partial charge in [-0.15, -0.1) is 11.3 Å². The molecule has 0 radical (unpaired) electrons. The average Bonchev–Trinajstić information content (AvgIpc) is 2.88. The molecule has 0 unspecified atom stereocenters. The lowest BCUT2D eigenvalue weighted by molar-refractivity contribution is -0.387. The Bertz CT molecular complexity index is 851. The second-order valence-electron chi connectivity index (χ2n) is 4.19. The number of ether oxygens (including phenoxy) is 1. The van der Waals surface area contributed by atoms with Crippen LogP contribution in [0.4, 0.5) is 11.4 Å². The van der Waals surface area contributed by atoms with E-state index in [0.717, 1.165) is 17.0 Å². The number of hydrogen-bond acceptors (Lipinski definition) is 8. The van der Waals surface area contributed by atoms with Crippen molar-refractivity contribution in [2.45, 2.75) is 11.4 Å². The standard InChI is InChI=1S/C11H10ClN3O6S2/c1-21-9-3-8(15(16)17)10(23(18,19)20)2-7(9)13-4-6-5-14-11(12)22-6/h2-3,5,13H,4H2,1H3,(H,18,19,20). The van der Waals surface area contributed by atoms with Gasteiger partial charge in [0.05, 0.1) is 30.3 Å². The average molecular weight is 380 g/mol. The van der Waals surface area contributed by atoms with Crippen molar-refractivity contribution in [1.82, 2.24) is 4.98 Å². The van der Waals surface area contributed by atoms with Gasteiger partial charge in [0.15, 0.2) is 9.36 Å². The number of halogens is 1. The molecule has 0 aliphatic heterocycles. The quantitative estimate of drug-likeness (QED) is 0.444. The van der Waals surface area contributed by atoms with Crippen LogP contribution in [-0.2, 0) is 16.7 Å². The summed E-state index contributed by atoms with van der Waals surface area (Å²) in [5, 5.41) is 13.8. The van der Waals surface area contributed by atoms with Crippen LogP contribution in [0.15, 0.2) is 23.2 Å².